The zero-order chi connectivity index (χ0) is 30.0. The van der Waals surface area contributed by atoms with Crippen molar-refractivity contribution in [1.29, 1.82) is 0 Å². The molecule has 224 valence electrons. The fourth-order valence-corrected chi connectivity index (χ4v) is 3.40. The average molecular weight is 745 g/mol. The fourth-order valence-electron chi connectivity index (χ4n) is 3.40. The zero-order valence-corrected chi connectivity index (χ0v) is 26.8. The van der Waals surface area contributed by atoms with Crippen LogP contribution in [0.25, 0.3) is 0 Å². The van der Waals surface area contributed by atoms with Crippen molar-refractivity contribution in [3.05, 3.63) is 107 Å². The SMILES string of the molecule is CCCCC1=[C-]CC=C1.CCCCC1=[C-]CC=C1.Oc1ccccc1C(F)(F)F.Oc1ccccc1C(F)(F)F.[Hf]. The van der Waals surface area contributed by atoms with Gasteiger partial charge in [-0.1, -0.05) is 76.6 Å². The molecule has 2 aromatic carbocycles. The summed E-state index contributed by atoms with van der Waals surface area (Å²) in [5.41, 5.74) is 0.828. The molecule has 2 aliphatic carbocycles. The summed E-state index contributed by atoms with van der Waals surface area (Å²) in [7, 11) is 0. The van der Waals surface area contributed by atoms with Crippen molar-refractivity contribution < 1.29 is 62.4 Å². The number of unbranched alkanes of at least 4 members (excludes halogenated alkanes) is 2. The Morgan fingerprint density at radius 2 is 0.976 bits per heavy atom. The van der Waals surface area contributed by atoms with Crippen LogP contribution in [0.15, 0.2) is 84.0 Å². The second-order valence-electron chi connectivity index (χ2n) is 8.85. The fraction of sp³-hybridized carbons (Fsp3) is 0.375. The van der Waals surface area contributed by atoms with E-state index in [9.17, 15) is 26.3 Å². The first-order chi connectivity index (χ1) is 18.9. The molecule has 9 heteroatoms. The summed E-state index contributed by atoms with van der Waals surface area (Å²) in [6, 6.07) is 8.79. The third-order valence-electron chi connectivity index (χ3n) is 5.55. The van der Waals surface area contributed by atoms with Gasteiger partial charge in [0.25, 0.3) is 0 Å². The number of halogens is 6. The van der Waals surface area contributed by atoms with E-state index in [1.54, 1.807) is 0 Å². The van der Waals surface area contributed by atoms with Crippen molar-refractivity contribution in [3.63, 3.8) is 0 Å². The normalized spacial score (nSPS) is 13.4. The molecule has 0 unspecified atom stereocenters. The van der Waals surface area contributed by atoms with Gasteiger partial charge in [0.2, 0.25) is 0 Å². The molecule has 2 aromatic rings. The van der Waals surface area contributed by atoms with Gasteiger partial charge in [-0.3, -0.25) is 12.2 Å². The van der Waals surface area contributed by atoms with Gasteiger partial charge in [0.1, 0.15) is 11.5 Å². The monoisotopic (exact) mass is 746 g/mol. The molecule has 0 amide bonds. The number of para-hydroxylation sites is 2. The van der Waals surface area contributed by atoms with Crippen LogP contribution in [0.3, 0.4) is 0 Å². The summed E-state index contributed by atoms with van der Waals surface area (Å²) in [5.74, 6) is -1.47. The number of benzene rings is 2. The largest absolute Gasteiger partial charge is 0.507 e. The third-order valence-corrected chi connectivity index (χ3v) is 5.55. The minimum Gasteiger partial charge on any atom is -0.507 e. The topological polar surface area (TPSA) is 40.5 Å². The van der Waals surface area contributed by atoms with Gasteiger partial charge in [-0.05, 0) is 24.3 Å². The van der Waals surface area contributed by atoms with Crippen LogP contribution >= 0.6 is 0 Å². The molecular formula is C32H36F6HfO2-2. The summed E-state index contributed by atoms with van der Waals surface area (Å²) in [4.78, 5) is 0. The van der Waals surface area contributed by atoms with Crippen LogP contribution in [0, 0.1) is 12.2 Å². The first-order valence-corrected chi connectivity index (χ1v) is 13.1. The molecule has 0 bridgehead atoms. The van der Waals surface area contributed by atoms with E-state index >= 15 is 0 Å². The Bertz CT molecular complexity index is 1040. The number of phenols is 2. The predicted molar refractivity (Wildman–Crippen MR) is 146 cm³/mol. The third kappa shape index (κ3) is 16.5. The summed E-state index contributed by atoms with van der Waals surface area (Å²) < 4.78 is 71.3. The van der Waals surface area contributed by atoms with Crippen molar-refractivity contribution >= 4 is 0 Å². The Morgan fingerprint density at radius 3 is 1.20 bits per heavy atom. The smallest absolute Gasteiger partial charge is 0.419 e. The van der Waals surface area contributed by atoms with Crippen LogP contribution < -0.4 is 0 Å². The van der Waals surface area contributed by atoms with E-state index in [1.807, 2.05) is 0 Å². The number of hydrogen-bond donors (Lipinski definition) is 2. The molecule has 0 spiro atoms. The molecule has 0 atom stereocenters. The standard InChI is InChI=1S/2C9H13.2C7H5F3O.Hf/c2*1-2-3-6-9-7-4-5-8-9;2*8-7(9,10)5-3-1-2-4-6(5)11;/h2*4,7H,2-3,5-6H2,1H3;2*1-4,11H;/q2*-1;;;. The van der Waals surface area contributed by atoms with E-state index in [4.69, 9.17) is 10.2 Å². The number of allylic oxidation sites excluding steroid dienone is 8. The van der Waals surface area contributed by atoms with Crippen LogP contribution in [-0.4, -0.2) is 10.2 Å². The summed E-state index contributed by atoms with van der Waals surface area (Å²) >= 11 is 0. The van der Waals surface area contributed by atoms with Gasteiger partial charge in [0.15, 0.2) is 0 Å². The van der Waals surface area contributed by atoms with E-state index in [-0.39, 0.29) is 25.8 Å². The Morgan fingerprint density at radius 1 is 0.634 bits per heavy atom. The summed E-state index contributed by atoms with van der Waals surface area (Å²) in [5, 5.41) is 17.5. The number of aromatic hydroxyl groups is 2. The molecule has 0 saturated carbocycles. The van der Waals surface area contributed by atoms with E-state index in [0.717, 1.165) is 37.1 Å². The van der Waals surface area contributed by atoms with E-state index in [2.05, 4.69) is 50.3 Å². The number of hydrogen-bond acceptors (Lipinski definition) is 2. The quantitative estimate of drug-likeness (QED) is 0.176. The Labute approximate surface area is 258 Å². The second-order valence-corrected chi connectivity index (χ2v) is 8.85. The summed E-state index contributed by atoms with van der Waals surface area (Å²) in [6.45, 7) is 4.44. The van der Waals surface area contributed by atoms with Crippen molar-refractivity contribution in [2.24, 2.45) is 0 Å². The molecule has 0 aromatic heterocycles. The van der Waals surface area contributed by atoms with Crippen molar-refractivity contribution in [2.45, 2.75) is 77.6 Å². The van der Waals surface area contributed by atoms with Gasteiger partial charge >= 0.3 is 12.4 Å². The molecule has 2 aliphatic rings. The van der Waals surface area contributed by atoms with Crippen LogP contribution in [0.5, 0.6) is 11.5 Å². The molecule has 2 N–H and O–H groups in total. The maximum atomic E-state index is 11.9. The van der Waals surface area contributed by atoms with Crippen molar-refractivity contribution in [1.82, 2.24) is 0 Å². The summed E-state index contributed by atoms with van der Waals surface area (Å²) in [6.07, 6.45) is 16.1. The van der Waals surface area contributed by atoms with Gasteiger partial charge in [-0.25, -0.2) is 23.3 Å². The molecule has 0 saturated heterocycles. The molecule has 41 heavy (non-hydrogen) atoms. The Hall–Kier alpha value is -2.55. The number of phenolic OH excluding ortho intramolecular Hbond substituents is 2. The molecule has 4 rings (SSSR count). The van der Waals surface area contributed by atoms with Crippen molar-refractivity contribution in [2.75, 3.05) is 0 Å². The number of rotatable bonds is 6. The molecule has 0 radical (unpaired) electrons. The second kappa shape index (κ2) is 20.3. The Kier molecular flexibility index (Phi) is 19.1. The van der Waals surface area contributed by atoms with Gasteiger partial charge in [-0.2, -0.15) is 38.5 Å². The molecule has 2 nitrogen and oxygen atoms in total. The van der Waals surface area contributed by atoms with Gasteiger partial charge in [-0.15, -0.1) is 12.8 Å². The molecule has 0 aliphatic heterocycles. The minimum absolute atomic E-state index is 0. The maximum absolute atomic E-state index is 11.9. The zero-order valence-electron chi connectivity index (χ0n) is 23.2. The maximum Gasteiger partial charge on any atom is 0.419 e. The molecular weight excluding hydrogens is 709 g/mol. The first kappa shape index (κ1) is 38.5. The van der Waals surface area contributed by atoms with Gasteiger partial charge in [0, 0.05) is 25.8 Å². The minimum atomic E-state index is -4.47. The predicted octanol–water partition coefficient (Wildman–Crippen LogP) is 10.6. The molecule has 0 heterocycles. The van der Waals surface area contributed by atoms with Gasteiger partial charge in [0.05, 0.1) is 11.1 Å². The van der Waals surface area contributed by atoms with E-state index < -0.39 is 35.0 Å². The number of alkyl halides is 6. The van der Waals surface area contributed by atoms with Crippen molar-refractivity contribution in [3.8, 4) is 11.5 Å². The molecule has 0 fully saturated rings. The van der Waals surface area contributed by atoms with Gasteiger partial charge < -0.3 is 10.2 Å². The van der Waals surface area contributed by atoms with Crippen LogP contribution in [0.4, 0.5) is 26.3 Å². The van der Waals surface area contributed by atoms with E-state index in [1.165, 1.54) is 73.9 Å². The average Bonchev–Trinajstić information content (AvgIpc) is 3.61. The van der Waals surface area contributed by atoms with Crippen LogP contribution in [0.2, 0.25) is 0 Å². The van der Waals surface area contributed by atoms with Crippen LogP contribution in [-0.2, 0) is 38.2 Å². The first-order valence-electron chi connectivity index (χ1n) is 13.1. The van der Waals surface area contributed by atoms with Crippen LogP contribution in [0.1, 0.15) is 76.3 Å². The Balaban J connectivity index is 0.000000518. The van der Waals surface area contributed by atoms with E-state index in [0.29, 0.717) is 0 Å².